The van der Waals surface area contributed by atoms with Gasteiger partial charge in [0.05, 0.1) is 5.69 Å². The van der Waals surface area contributed by atoms with Crippen molar-refractivity contribution in [2.45, 2.75) is 13.8 Å². The van der Waals surface area contributed by atoms with Gasteiger partial charge in [-0.15, -0.1) is 0 Å². The number of anilines is 2. The van der Waals surface area contributed by atoms with Crippen molar-refractivity contribution in [3.63, 3.8) is 0 Å². The Balaban J connectivity index is 2.35. The number of rotatable bonds is 2. The minimum absolute atomic E-state index is 0.0411. The van der Waals surface area contributed by atoms with Crippen LogP contribution >= 0.6 is 0 Å². The number of allylic oxidation sites excluding steroid dienone is 1. The molecule has 0 bridgehead atoms. The molecule has 0 unspecified atom stereocenters. The number of hydrogen-bond acceptors (Lipinski definition) is 3. The Hall–Kier alpha value is -1.97. The molecule has 0 saturated heterocycles. The molecule has 1 amide bonds. The highest BCUT2D eigenvalue weighted by molar-refractivity contribution is 5.98. The SMILES string of the molecule is CC(C)=CCN1C(=O)COc2ccc(N)cc21. The number of fused-ring (bicyclic) bond motifs is 1. The summed E-state index contributed by atoms with van der Waals surface area (Å²) in [4.78, 5) is 13.5. The highest BCUT2D eigenvalue weighted by Gasteiger charge is 2.24. The second kappa shape index (κ2) is 4.49. The molecule has 0 atom stereocenters. The molecule has 0 fully saturated rings. The smallest absolute Gasteiger partial charge is 0.265 e. The van der Waals surface area contributed by atoms with Crippen molar-refractivity contribution < 1.29 is 9.53 Å². The molecule has 1 aliphatic rings. The molecule has 0 spiro atoms. The van der Waals surface area contributed by atoms with Crippen LogP contribution in [0.25, 0.3) is 0 Å². The molecule has 17 heavy (non-hydrogen) atoms. The number of carbonyl (C=O) groups is 1. The third-order valence-corrected chi connectivity index (χ3v) is 2.61. The quantitative estimate of drug-likeness (QED) is 0.626. The zero-order chi connectivity index (χ0) is 12.4. The Morgan fingerprint density at radius 2 is 2.29 bits per heavy atom. The topological polar surface area (TPSA) is 55.6 Å². The van der Waals surface area contributed by atoms with E-state index in [1.807, 2.05) is 19.9 Å². The van der Waals surface area contributed by atoms with E-state index in [4.69, 9.17) is 10.5 Å². The summed E-state index contributed by atoms with van der Waals surface area (Å²) in [6, 6.07) is 5.34. The summed E-state index contributed by atoms with van der Waals surface area (Å²) in [7, 11) is 0. The highest BCUT2D eigenvalue weighted by atomic mass is 16.5. The summed E-state index contributed by atoms with van der Waals surface area (Å²) in [6.45, 7) is 4.66. The molecular formula is C13H16N2O2. The number of benzene rings is 1. The average Bonchev–Trinajstić information content (AvgIpc) is 2.27. The van der Waals surface area contributed by atoms with Gasteiger partial charge in [-0.25, -0.2) is 0 Å². The molecule has 1 aromatic carbocycles. The molecule has 2 N–H and O–H groups in total. The number of nitrogen functional groups attached to an aromatic ring is 1. The van der Waals surface area contributed by atoms with Crippen molar-refractivity contribution >= 4 is 17.3 Å². The van der Waals surface area contributed by atoms with Gasteiger partial charge in [0.25, 0.3) is 5.91 Å². The van der Waals surface area contributed by atoms with E-state index in [-0.39, 0.29) is 12.5 Å². The van der Waals surface area contributed by atoms with Gasteiger partial charge < -0.3 is 15.4 Å². The molecule has 1 aromatic rings. The third kappa shape index (κ3) is 2.41. The second-order valence-corrected chi connectivity index (χ2v) is 4.30. The molecule has 0 radical (unpaired) electrons. The highest BCUT2D eigenvalue weighted by Crippen LogP contribution is 2.33. The lowest BCUT2D eigenvalue weighted by Gasteiger charge is -2.28. The summed E-state index contributed by atoms with van der Waals surface area (Å²) in [5.74, 6) is 0.668. The van der Waals surface area contributed by atoms with Crippen LogP contribution in [0.5, 0.6) is 5.75 Å². The van der Waals surface area contributed by atoms with Crippen molar-refractivity contribution in [3.05, 3.63) is 29.8 Å². The summed E-state index contributed by atoms with van der Waals surface area (Å²) < 4.78 is 5.36. The molecule has 0 aliphatic carbocycles. The van der Waals surface area contributed by atoms with Gasteiger partial charge in [0.15, 0.2) is 6.61 Å². The lowest BCUT2D eigenvalue weighted by Crippen LogP contribution is -2.39. The number of hydrogen-bond donors (Lipinski definition) is 1. The van der Waals surface area contributed by atoms with Crippen LogP contribution in [0.1, 0.15) is 13.8 Å². The standard InChI is InChI=1S/C13H16N2O2/c1-9(2)5-6-15-11-7-10(14)3-4-12(11)17-8-13(15)16/h3-5,7H,6,8,14H2,1-2H3. The molecule has 90 valence electrons. The van der Waals surface area contributed by atoms with E-state index in [0.29, 0.717) is 18.0 Å². The fraction of sp³-hybridized carbons (Fsp3) is 0.308. The van der Waals surface area contributed by atoms with Gasteiger partial charge in [-0.1, -0.05) is 11.6 Å². The molecule has 0 saturated carbocycles. The molecule has 0 aromatic heterocycles. The van der Waals surface area contributed by atoms with E-state index in [0.717, 1.165) is 5.69 Å². The van der Waals surface area contributed by atoms with E-state index in [1.165, 1.54) is 5.57 Å². The molecule has 4 nitrogen and oxygen atoms in total. The van der Waals surface area contributed by atoms with Crippen LogP contribution in [0.3, 0.4) is 0 Å². The van der Waals surface area contributed by atoms with Gasteiger partial charge in [-0.2, -0.15) is 0 Å². The van der Waals surface area contributed by atoms with Crippen molar-refractivity contribution in [3.8, 4) is 5.75 Å². The molecule has 1 aliphatic heterocycles. The maximum absolute atomic E-state index is 11.8. The van der Waals surface area contributed by atoms with Gasteiger partial charge in [-0.05, 0) is 32.0 Å². The number of carbonyl (C=O) groups excluding carboxylic acids is 1. The lowest BCUT2D eigenvalue weighted by molar-refractivity contribution is -0.121. The third-order valence-electron chi connectivity index (χ3n) is 2.61. The van der Waals surface area contributed by atoms with Crippen LogP contribution in [0, 0.1) is 0 Å². The number of nitrogens with two attached hydrogens (primary N) is 1. The Bertz CT molecular complexity index is 476. The number of nitrogens with zero attached hydrogens (tertiary/aromatic N) is 1. The van der Waals surface area contributed by atoms with Crippen molar-refractivity contribution in [2.75, 3.05) is 23.8 Å². The van der Waals surface area contributed by atoms with Gasteiger partial charge in [0.1, 0.15) is 5.75 Å². The Kier molecular flexibility index (Phi) is 3.04. The Morgan fingerprint density at radius 3 is 3.00 bits per heavy atom. The maximum Gasteiger partial charge on any atom is 0.265 e. The van der Waals surface area contributed by atoms with Crippen LogP contribution in [-0.2, 0) is 4.79 Å². The van der Waals surface area contributed by atoms with E-state index < -0.39 is 0 Å². The summed E-state index contributed by atoms with van der Waals surface area (Å²) in [5, 5.41) is 0. The Labute approximate surface area is 101 Å². The van der Waals surface area contributed by atoms with E-state index >= 15 is 0 Å². The van der Waals surface area contributed by atoms with Crippen LogP contribution in [-0.4, -0.2) is 19.1 Å². The Morgan fingerprint density at radius 1 is 1.53 bits per heavy atom. The van der Waals surface area contributed by atoms with Crippen molar-refractivity contribution in [1.82, 2.24) is 0 Å². The zero-order valence-corrected chi connectivity index (χ0v) is 10.1. The van der Waals surface area contributed by atoms with Crippen LogP contribution < -0.4 is 15.4 Å². The van der Waals surface area contributed by atoms with Crippen molar-refractivity contribution in [2.24, 2.45) is 0 Å². The van der Waals surface area contributed by atoms with Crippen molar-refractivity contribution in [1.29, 1.82) is 0 Å². The second-order valence-electron chi connectivity index (χ2n) is 4.30. The fourth-order valence-corrected chi connectivity index (χ4v) is 1.69. The first-order valence-electron chi connectivity index (χ1n) is 5.54. The molecule has 4 heteroatoms. The number of amides is 1. The minimum atomic E-state index is -0.0411. The van der Waals surface area contributed by atoms with Gasteiger partial charge >= 0.3 is 0 Å². The number of ether oxygens (including phenoxy) is 1. The van der Waals surface area contributed by atoms with E-state index in [9.17, 15) is 4.79 Å². The largest absolute Gasteiger partial charge is 0.482 e. The van der Waals surface area contributed by atoms with Crippen LogP contribution in [0.4, 0.5) is 11.4 Å². The van der Waals surface area contributed by atoms with Gasteiger partial charge in [-0.3, -0.25) is 4.79 Å². The zero-order valence-electron chi connectivity index (χ0n) is 10.1. The minimum Gasteiger partial charge on any atom is -0.482 e. The lowest BCUT2D eigenvalue weighted by atomic mass is 10.2. The fourth-order valence-electron chi connectivity index (χ4n) is 1.69. The first kappa shape index (κ1) is 11.5. The van der Waals surface area contributed by atoms with Gasteiger partial charge in [0.2, 0.25) is 0 Å². The summed E-state index contributed by atoms with van der Waals surface area (Å²) in [6.07, 6.45) is 2.01. The normalized spacial score (nSPS) is 14.0. The van der Waals surface area contributed by atoms with Gasteiger partial charge in [0, 0.05) is 12.2 Å². The summed E-state index contributed by atoms with van der Waals surface area (Å²) in [5.41, 5.74) is 8.29. The monoisotopic (exact) mass is 232 g/mol. The molecule has 1 heterocycles. The summed E-state index contributed by atoms with van der Waals surface area (Å²) >= 11 is 0. The molecule has 2 rings (SSSR count). The van der Waals surface area contributed by atoms with Crippen LogP contribution in [0.2, 0.25) is 0 Å². The first-order valence-corrected chi connectivity index (χ1v) is 5.54. The average molecular weight is 232 g/mol. The van der Waals surface area contributed by atoms with E-state index in [2.05, 4.69) is 0 Å². The van der Waals surface area contributed by atoms with E-state index in [1.54, 1.807) is 23.1 Å². The predicted octanol–water partition coefficient (Wildman–Crippen LogP) is 1.96. The maximum atomic E-state index is 11.8. The predicted molar refractivity (Wildman–Crippen MR) is 68.1 cm³/mol. The van der Waals surface area contributed by atoms with Crippen LogP contribution in [0.15, 0.2) is 29.8 Å². The first-order chi connectivity index (χ1) is 8.08. The molecular weight excluding hydrogens is 216 g/mol.